The SMILES string of the molecule is CC1=[C-]C(C)C(C)=C1C.CCc1ccc(-c2cccc3[cH-]c(C)cc23)o1.Cl.Cl.[CH3-].[CH3-].[Si]=[Zr]. The normalized spacial score (nSPS) is 13.7. The molecule has 2 radical (unpaired) electrons. The Labute approximate surface area is 225 Å². The zero-order valence-electron chi connectivity index (χ0n) is 20.6. The van der Waals surface area contributed by atoms with Gasteiger partial charge >= 0.3 is 30.2 Å². The fourth-order valence-corrected chi connectivity index (χ4v) is 3.47. The number of halogens is 2. The molecule has 0 aliphatic heterocycles. The van der Waals surface area contributed by atoms with Crippen molar-refractivity contribution < 1.29 is 27.8 Å². The molecular weight excluding hydrogens is 531 g/mol. The van der Waals surface area contributed by atoms with Gasteiger partial charge in [-0.1, -0.05) is 46.6 Å². The van der Waals surface area contributed by atoms with Crippen LogP contribution in [0.15, 0.2) is 63.6 Å². The molecule has 0 bridgehead atoms. The number of allylic oxidation sites excluding steroid dienone is 4. The average molecular weight is 567 g/mol. The van der Waals surface area contributed by atoms with Gasteiger partial charge in [0.2, 0.25) is 0 Å². The summed E-state index contributed by atoms with van der Waals surface area (Å²) in [6.07, 6.45) is 4.30. The Hall–Kier alpha value is -0.730. The summed E-state index contributed by atoms with van der Waals surface area (Å²) >= 11 is 1.36. The maximum atomic E-state index is 5.84. The van der Waals surface area contributed by atoms with E-state index in [9.17, 15) is 0 Å². The molecule has 0 N–H and O–H groups in total. The Morgan fingerprint density at radius 2 is 1.66 bits per heavy atom. The van der Waals surface area contributed by atoms with E-state index >= 15 is 0 Å². The number of hydrogen-bond donors (Lipinski definition) is 0. The van der Waals surface area contributed by atoms with Crippen molar-refractivity contribution in [1.82, 2.24) is 0 Å². The first-order chi connectivity index (χ1) is 13.4. The molecular formula is C27H36Cl2OSiZr-4. The van der Waals surface area contributed by atoms with Crippen LogP contribution in [0, 0.1) is 33.8 Å². The van der Waals surface area contributed by atoms with Gasteiger partial charge in [-0.15, -0.1) is 66.3 Å². The maximum absolute atomic E-state index is 5.84. The number of benzene rings is 1. The van der Waals surface area contributed by atoms with E-state index in [1.165, 1.54) is 62.0 Å². The van der Waals surface area contributed by atoms with Crippen LogP contribution >= 0.6 is 24.8 Å². The zero-order valence-corrected chi connectivity index (χ0v) is 25.6. The minimum atomic E-state index is 0. The van der Waals surface area contributed by atoms with E-state index in [2.05, 4.69) is 97.0 Å². The van der Waals surface area contributed by atoms with Crippen molar-refractivity contribution in [2.45, 2.75) is 48.0 Å². The third-order valence-electron chi connectivity index (χ3n) is 5.41. The monoisotopic (exact) mass is 564 g/mol. The van der Waals surface area contributed by atoms with Gasteiger partial charge in [-0.05, 0) is 17.7 Å². The summed E-state index contributed by atoms with van der Waals surface area (Å²) in [5.41, 5.74) is 6.74. The molecule has 1 unspecified atom stereocenters. The first kappa shape index (κ1) is 35.9. The van der Waals surface area contributed by atoms with Crippen molar-refractivity contribution in [1.29, 1.82) is 0 Å². The van der Waals surface area contributed by atoms with Gasteiger partial charge < -0.3 is 19.3 Å². The fourth-order valence-electron chi connectivity index (χ4n) is 3.47. The molecule has 5 heteroatoms. The summed E-state index contributed by atoms with van der Waals surface area (Å²) < 4.78 is 5.84. The average Bonchev–Trinajstić information content (AvgIpc) is 3.38. The van der Waals surface area contributed by atoms with Crippen molar-refractivity contribution >= 4 is 42.5 Å². The molecule has 1 heterocycles. The number of hydrogen-bond acceptors (Lipinski definition) is 1. The number of rotatable bonds is 2. The molecule has 3 aromatic rings. The van der Waals surface area contributed by atoms with Crippen LogP contribution in [0.4, 0.5) is 0 Å². The van der Waals surface area contributed by atoms with Crippen molar-refractivity contribution in [2.75, 3.05) is 0 Å². The van der Waals surface area contributed by atoms with Gasteiger partial charge in [0.05, 0.1) is 0 Å². The summed E-state index contributed by atoms with van der Waals surface area (Å²) in [4.78, 5) is 0. The molecule has 1 aromatic heterocycles. The van der Waals surface area contributed by atoms with Crippen LogP contribution in [0.2, 0.25) is 0 Å². The minimum absolute atomic E-state index is 0. The molecule has 0 saturated heterocycles. The summed E-state index contributed by atoms with van der Waals surface area (Å²) in [7, 11) is 0. The van der Waals surface area contributed by atoms with Crippen molar-refractivity contribution in [3.05, 3.63) is 91.4 Å². The molecule has 1 nitrogen and oxygen atoms in total. The zero-order chi connectivity index (χ0) is 20.8. The molecule has 0 spiro atoms. The topological polar surface area (TPSA) is 13.1 Å². The van der Waals surface area contributed by atoms with Gasteiger partial charge in [0, 0.05) is 6.42 Å². The van der Waals surface area contributed by atoms with Gasteiger partial charge in [-0.2, -0.15) is 17.2 Å². The molecule has 1 aliphatic carbocycles. The first-order valence-corrected chi connectivity index (χ1v) is 13.9. The van der Waals surface area contributed by atoms with E-state index in [0.29, 0.717) is 5.92 Å². The summed E-state index contributed by atoms with van der Waals surface area (Å²) in [6.45, 7) is 16.0. The van der Waals surface area contributed by atoms with Crippen LogP contribution in [0.1, 0.15) is 45.9 Å². The van der Waals surface area contributed by atoms with E-state index in [-0.39, 0.29) is 39.7 Å². The Morgan fingerprint density at radius 3 is 2.09 bits per heavy atom. The number of fused-ring (bicyclic) bond motifs is 1. The van der Waals surface area contributed by atoms with Crippen LogP contribution in [0.5, 0.6) is 0 Å². The summed E-state index contributed by atoms with van der Waals surface area (Å²) in [5, 5.41) is 2.57. The quantitative estimate of drug-likeness (QED) is 0.223. The van der Waals surface area contributed by atoms with E-state index < -0.39 is 0 Å². The van der Waals surface area contributed by atoms with Gasteiger partial charge in [-0.3, -0.25) is 6.08 Å². The van der Waals surface area contributed by atoms with Crippen molar-refractivity contribution in [3.63, 3.8) is 0 Å². The van der Waals surface area contributed by atoms with E-state index in [0.717, 1.165) is 17.9 Å². The molecule has 1 aliphatic rings. The van der Waals surface area contributed by atoms with E-state index in [1.54, 1.807) is 0 Å². The molecule has 0 amide bonds. The summed E-state index contributed by atoms with van der Waals surface area (Å²) in [6, 6.07) is 14.9. The van der Waals surface area contributed by atoms with Gasteiger partial charge in [0.25, 0.3) is 0 Å². The second-order valence-electron chi connectivity index (χ2n) is 7.26. The Kier molecular flexibility index (Phi) is 18.8. The van der Waals surface area contributed by atoms with Crippen molar-refractivity contribution in [2.24, 2.45) is 5.92 Å². The third kappa shape index (κ3) is 8.56. The Balaban J connectivity index is -0.000000490. The second-order valence-corrected chi connectivity index (χ2v) is 7.26. The van der Waals surface area contributed by atoms with Gasteiger partial charge in [0.15, 0.2) is 0 Å². The Morgan fingerprint density at radius 1 is 1.03 bits per heavy atom. The van der Waals surface area contributed by atoms with E-state index in [1.807, 2.05) is 0 Å². The van der Waals surface area contributed by atoms with Crippen molar-refractivity contribution in [3.8, 4) is 11.3 Å². The standard InChI is InChI=1S/C16H15O.C9H13.2CH3.2ClH.Si.Zr/c1-3-13-7-8-16(17-13)14-6-4-5-12-9-11(2)10-15(12)14;1-6-5-7(2)9(4)8(6)3;;;;;;/h4-10H,3H2,1-2H3;6H,1-4H3;2*1H3;2*1H;;/q4*-1;;;;. The molecule has 32 heavy (non-hydrogen) atoms. The van der Waals surface area contributed by atoms with Crippen LogP contribution in [-0.2, 0) is 29.8 Å². The van der Waals surface area contributed by atoms with E-state index in [4.69, 9.17) is 4.42 Å². The van der Waals surface area contributed by atoms with Crippen LogP contribution in [0.25, 0.3) is 22.1 Å². The molecule has 1 atom stereocenters. The molecule has 0 saturated carbocycles. The van der Waals surface area contributed by atoms with Crippen LogP contribution < -0.4 is 0 Å². The predicted molar refractivity (Wildman–Crippen MR) is 144 cm³/mol. The third-order valence-corrected chi connectivity index (χ3v) is 5.41. The molecule has 4 rings (SSSR count). The number of furan rings is 1. The van der Waals surface area contributed by atoms with Gasteiger partial charge in [-0.25, -0.2) is 5.57 Å². The number of aryl methyl sites for hydroxylation is 2. The van der Waals surface area contributed by atoms with Crippen LogP contribution in [0.3, 0.4) is 0 Å². The molecule has 0 fully saturated rings. The second kappa shape index (κ2) is 16.8. The molecule has 176 valence electrons. The fraction of sp³-hybridized carbons (Fsp3) is 0.296. The van der Waals surface area contributed by atoms with Gasteiger partial charge in [0.1, 0.15) is 11.5 Å². The predicted octanol–water partition coefficient (Wildman–Crippen LogP) is 8.77. The summed E-state index contributed by atoms with van der Waals surface area (Å²) in [5.74, 6) is 2.57. The van der Waals surface area contributed by atoms with Crippen LogP contribution in [-0.4, -0.2) is 6.88 Å². The molecule has 2 aromatic carbocycles. The Bertz CT molecular complexity index is 1010. The first-order valence-electron chi connectivity index (χ1n) is 9.68.